The number of aromatic nitrogens is 4. The summed E-state index contributed by atoms with van der Waals surface area (Å²) in [4.78, 5) is 8.85. The van der Waals surface area contributed by atoms with Crippen LogP contribution in [0, 0.1) is 0 Å². The van der Waals surface area contributed by atoms with Gasteiger partial charge in [-0.15, -0.1) is 0 Å². The molecule has 1 saturated heterocycles. The predicted molar refractivity (Wildman–Crippen MR) is 71.7 cm³/mol. The Kier molecular flexibility index (Phi) is 2.71. The molecule has 0 N–H and O–H groups in total. The number of nitrogens with zero attached hydrogens (tertiary/aromatic N) is 4. The maximum atomic E-state index is 5.95. The maximum absolute atomic E-state index is 5.95. The lowest BCUT2D eigenvalue weighted by Crippen LogP contribution is -1.99. The van der Waals surface area contributed by atoms with Crippen molar-refractivity contribution in [2.24, 2.45) is 0 Å². The third-order valence-corrected chi connectivity index (χ3v) is 3.59. The lowest BCUT2D eigenvalue weighted by atomic mass is 10.1. The molecular weight excluding hydrogens is 280 g/mol. The molecule has 0 amide bonds. The Labute approximate surface area is 119 Å². The first-order valence-electron chi connectivity index (χ1n) is 6.35. The van der Waals surface area contributed by atoms with Crippen LogP contribution in [0.5, 0.6) is 0 Å². The van der Waals surface area contributed by atoms with Crippen molar-refractivity contribution in [2.75, 3.05) is 13.2 Å². The molecule has 0 radical (unpaired) electrons. The van der Waals surface area contributed by atoms with Gasteiger partial charge in [-0.3, -0.25) is 0 Å². The first kappa shape index (κ1) is 11.9. The summed E-state index contributed by atoms with van der Waals surface area (Å²) >= 11 is 5.95. The highest BCUT2D eigenvalue weighted by atomic mass is 35.5. The average molecular weight is 291 g/mol. The van der Waals surface area contributed by atoms with Crippen molar-refractivity contribution in [3.8, 4) is 11.6 Å². The van der Waals surface area contributed by atoms with Crippen molar-refractivity contribution in [1.82, 2.24) is 19.5 Å². The monoisotopic (exact) mass is 290 g/mol. The predicted octanol–water partition coefficient (Wildman–Crippen LogP) is 2.54. The Morgan fingerprint density at radius 1 is 1.25 bits per heavy atom. The lowest BCUT2D eigenvalue weighted by molar-refractivity contribution is 0.192. The maximum Gasteiger partial charge on any atom is 0.278 e. The van der Waals surface area contributed by atoms with Crippen molar-refractivity contribution in [2.45, 2.75) is 12.3 Å². The SMILES string of the molecule is Clc1ccc2nc(-c3nc(C4CCOC4)no3)cn2c1. The summed E-state index contributed by atoms with van der Waals surface area (Å²) in [5, 5.41) is 4.67. The first-order valence-corrected chi connectivity index (χ1v) is 6.73. The number of rotatable bonds is 2. The molecule has 0 spiro atoms. The Morgan fingerprint density at radius 3 is 3.05 bits per heavy atom. The van der Waals surface area contributed by atoms with Gasteiger partial charge in [-0.1, -0.05) is 16.8 Å². The van der Waals surface area contributed by atoms with Gasteiger partial charge in [0.15, 0.2) is 5.82 Å². The largest absolute Gasteiger partial charge is 0.381 e. The smallest absolute Gasteiger partial charge is 0.278 e. The molecule has 1 aliphatic heterocycles. The number of ether oxygens (including phenoxy) is 1. The van der Waals surface area contributed by atoms with E-state index < -0.39 is 0 Å². The molecule has 1 atom stereocenters. The first-order chi connectivity index (χ1) is 9.79. The van der Waals surface area contributed by atoms with E-state index in [1.807, 2.05) is 16.7 Å². The van der Waals surface area contributed by atoms with E-state index in [2.05, 4.69) is 15.1 Å². The summed E-state index contributed by atoms with van der Waals surface area (Å²) in [7, 11) is 0. The summed E-state index contributed by atoms with van der Waals surface area (Å²) in [5.41, 5.74) is 1.43. The van der Waals surface area contributed by atoms with E-state index in [9.17, 15) is 0 Å². The van der Waals surface area contributed by atoms with Crippen LogP contribution >= 0.6 is 11.6 Å². The minimum Gasteiger partial charge on any atom is -0.381 e. The van der Waals surface area contributed by atoms with E-state index in [0.717, 1.165) is 18.7 Å². The topological polar surface area (TPSA) is 65.5 Å². The van der Waals surface area contributed by atoms with Gasteiger partial charge in [0.2, 0.25) is 0 Å². The van der Waals surface area contributed by atoms with E-state index in [1.54, 1.807) is 12.3 Å². The molecule has 1 unspecified atom stereocenters. The number of fused-ring (bicyclic) bond motifs is 1. The molecule has 4 rings (SSSR count). The summed E-state index contributed by atoms with van der Waals surface area (Å²) in [6.07, 6.45) is 4.54. The molecule has 3 aromatic rings. The fraction of sp³-hybridized carbons (Fsp3) is 0.308. The van der Waals surface area contributed by atoms with E-state index >= 15 is 0 Å². The van der Waals surface area contributed by atoms with Crippen LogP contribution in [0.4, 0.5) is 0 Å². The highest BCUT2D eigenvalue weighted by molar-refractivity contribution is 6.30. The normalized spacial score (nSPS) is 18.9. The van der Waals surface area contributed by atoms with Crippen molar-refractivity contribution in [3.63, 3.8) is 0 Å². The van der Waals surface area contributed by atoms with Crippen molar-refractivity contribution < 1.29 is 9.26 Å². The molecule has 0 aromatic carbocycles. The average Bonchev–Trinajstić information content (AvgIpc) is 3.17. The molecule has 6 nitrogen and oxygen atoms in total. The van der Waals surface area contributed by atoms with Gasteiger partial charge >= 0.3 is 0 Å². The number of halogens is 1. The highest BCUT2D eigenvalue weighted by Crippen LogP contribution is 2.25. The van der Waals surface area contributed by atoms with Gasteiger partial charge in [0.05, 0.1) is 11.6 Å². The Hall–Kier alpha value is -1.92. The highest BCUT2D eigenvalue weighted by Gasteiger charge is 2.24. The number of hydrogen-bond acceptors (Lipinski definition) is 5. The molecule has 20 heavy (non-hydrogen) atoms. The zero-order chi connectivity index (χ0) is 13.5. The molecule has 1 aliphatic rings. The molecule has 0 bridgehead atoms. The van der Waals surface area contributed by atoms with Gasteiger partial charge in [-0.2, -0.15) is 4.98 Å². The van der Waals surface area contributed by atoms with Gasteiger partial charge in [-0.05, 0) is 18.6 Å². The molecule has 4 heterocycles. The summed E-state index contributed by atoms with van der Waals surface area (Å²) in [5.74, 6) is 1.33. The lowest BCUT2D eigenvalue weighted by Gasteiger charge is -1.97. The Balaban J connectivity index is 1.71. The number of imidazole rings is 1. The zero-order valence-corrected chi connectivity index (χ0v) is 11.2. The molecule has 102 valence electrons. The van der Waals surface area contributed by atoms with Crippen molar-refractivity contribution in [3.05, 3.63) is 35.4 Å². The third-order valence-electron chi connectivity index (χ3n) is 3.37. The fourth-order valence-corrected chi connectivity index (χ4v) is 2.48. The van der Waals surface area contributed by atoms with E-state index in [1.165, 1.54) is 0 Å². The van der Waals surface area contributed by atoms with E-state index in [-0.39, 0.29) is 5.92 Å². The van der Waals surface area contributed by atoms with E-state index in [4.69, 9.17) is 20.9 Å². The fourth-order valence-electron chi connectivity index (χ4n) is 2.31. The van der Waals surface area contributed by atoms with Gasteiger partial charge < -0.3 is 13.7 Å². The summed E-state index contributed by atoms with van der Waals surface area (Å²) < 4.78 is 12.5. The van der Waals surface area contributed by atoms with Crippen molar-refractivity contribution in [1.29, 1.82) is 0 Å². The zero-order valence-electron chi connectivity index (χ0n) is 10.5. The van der Waals surface area contributed by atoms with E-state index in [0.29, 0.717) is 29.0 Å². The number of hydrogen-bond donors (Lipinski definition) is 0. The number of pyridine rings is 1. The Morgan fingerprint density at radius 2 is 2.20 bits per heavy atom. The molecule has 0 saturated carbocycles. The Bertz CT molecular complexity index is 761. The second kappa shape index (κ2) is 4.57. The van der Waals surface area contributed by atoms with Crippen LogP contribution in [-0.2, 0) is 4.74 Å². The van der Waals surface area contributed by atoms with Crippen LogP contribution < -0.4 is 0 Å². The van der Waals surface area contributed by atoms with Crippen LogP contribution in [0.3, 0.4) is 0 Å². The van der Waals surface area contributed by atoms with Crippen molar-refractivity contribution >= 4 is 17.2 Å². The van der Waals surface area contributed by atoms with Crippen LogP contribution in [0.2, 0.25) is 5.02 Å². The molecule has 3 aromatic heterocycles. The summed E-state index contributed by atoms with van der Waals surface area (Å²) in [6.45, 7) is 1.40. The molecular formula is C13H11ClN4O2. The molecule has 7 heteroatoms. The van der Waals surface area contributed by atoms with Crippen LogP contribution in [0.15, 0.2) is 29.0 Å². The van der Waals surface area contributed by atoms with Crippen LogP contribution in [0.1, 0.15) is 18.2 Å². The van der Waals surface area contributed by atoms with Crippen LogP contribution in [-0.4, -0.2) is 32.7 Å². The second-order valence-electron chi connectivity index (χ2n) is 4.76. The third kappa shape index (κ3) is 1.97. The quantitative estimate of drug-likeness (QED) is 0.725. The second-order valence-corrected chi connectivity index (χ2v) is 5.19. The summed E-state index contributed by atoms with van der Waals surface area (Å²) in [6, 6.07) is 3.64. The molecule has 1 fully saturated rings. The van der Waals surface area contributed by atoms with Crippen LogP contribution in [0.25, 0.3) is 17.2 Å². The van der Waals surface area contributed by atoms with Gasteiger partial charge in [-0.25, -0.2) is 4.98 Å². The van der Waals surface area contributed by atoms with Gasteiger partial charge in [0.1, 0.15) is 11.3 Å². The standard InChI is InChI=1S/C13H11ClN4O2/c14-9-1-2-11-15-10(6-18(11)5-9)13-16-12(17-20-13)8-3-4-19-7-8/h1-2,5-6,8H,3-4,7H2. The van der Waals surface area contributed by atoms with Gasteiger partial charge in [0, 0.05) is 24.9 Å². The minimum atomic E-state index is 0.221. The minimum absolute atomic E-state index is 0.221. The van der Waals surface area contributed by atoms with Gasteiger partial charge in [0.25, 0.3) is 5.89 Å². The molecule has 0 aliphatic carbocycles.